The van der Waals surface area contributed by atoms with Crippen LogP contribution in [0, 0.1) is 46.8 Å². The molecule has 0 spiro atoms. The molecular formula is C12H14O2. The number of rotatable bonds is 1. The van der Waals surface area contributed by atoms with Gasteiger partial charge in [-0.2, -0.15) is 0 Å². The number of hydrogen-bond donors (Lipinski definition) is 0. The molecule has 0 aromatic rings. The van der Waals surface area contributed by atoms with E-state index in [1.807, 2.05) is 0 Å². The van der Waals surface area contributed by atoms with Crippen molar-refractivity contribution in [1.82, 2.24) is 0 Å². The quantitative estimate of drug-likeness (QED) is 0.583. The summed E-state index contributed by atoms with van der Waals surface area (Å²) >= 11 is 0. The van der Waals surface area contributed by atoms with Crippen molar-refractivity contribution in [3.8, 4) is 0 Å². The highest BCUT2D eigenvalue weighted by atomic mass is 16.5. The topological polar surface area (TPSA) is 26.3 Å². The Morgan fingerprint density at radius 2 is 1.64 bits per heavy atom. The highest BCUT2D eigenvalue weighted by Crippen LogP contribution is 2.99. The maximum absolute atomic E-state index is 11.0. The van der Waals surface area contributed by atoms with Crippen LogP contribution in [0.2, 0.25) is 0 Å². The molecule has 0 aliphatic heterocycles. The predicted octanol–water partition coefficient (Wildman–Crippen LogP) is 1.31. The van der Waals surface area contributed by atoms with E-state index in [9.17, 15) is 4.79 Å². The summed E-state index contributed by atoms with van der Waals surface area (Å²) in [6, 6.07) is 0. The highest BCUT2D eigenvalue weighted by Gasteiger charge is 2.99. The standard InChI is InChI=1S/C12H14O2/c1-3(13)14-11-4-5-8-6(4)10-7(11)9(5)12(8,10)2/h4-11H,1-2H3/t4?,5-,6-,7?,8?,9-,10-,11-,12?/m1/s1. The fraction of sp³-hybridized carbons (Fsp3) is 0.917. The summed E-state index contributed by atoms with van der Waals surface area (Å²) in [6.07, 6.45) is 0.337. The van der Waals surface area contributed by atoms with E-state index in [2.05, 4.69) is 6.92 Å². The summed E-state index contributed by atoms with van der Waals surface area (Å²) in [5.41, 5.74) is 0.728. The third-order valence-corrected chi connectivity index (χ3v) is 6.59. The molecule has 6 aliphatic rings. The predicted molar refractivity (Wildman–Crippen MR) is 48.1 cm³/mol. The molecule has 6 saturated carbocycles. The Morgan fingerprint density at radius 1 is 1.07 bits per heavy atom. The zero-order chi connectivity index (χ0) is 9.40. The molecule has 0 radical (unpaired) electrons. The van der Waals surface area contributed by atoms with Gasteiger partial charge < -0.3 is 4.74 Å². The first-order chi connectivity index (χ1) is 6.67. The Bertz CT molecular complexity index is 368. The fourth-order valence-electron chi connectivity index (χ4n) is 6.76. The van der Waals surface area contributed by atoms with Crippen molar-refractivity contribution >= 4 is 5.97 Å². The van der Waals surface area contributed by atoms with Crippen LogP contribution in [0.4, 0.5) is 0 Å². The van der Waals surface area contributed by atoms with E-state index in [-0.39, 0.29) is 5.97 Å². The Hall–Kier alpha value is -0.530. The minimum absolute atomic E-state index is 0.0623. The Kier molecular flexibility index (Phi) is 0.718. The normalized spacial score (nSPS) is 77.9. The minimum Gasteiger partial charge on any atom is -0.462 e. The number of hydrogen-bond acceptors (Lipinski definition) is 2. The first-order valence-corrected chi connectivity index (χ1v) is 5.84. The van der Waals surface area contributed by atoms with E-state index in [1.54, 1.807) is 6.92 Å². The van der Waals surface area contributed by atoms with Crippen molar-refractivity contribution < 1.29 is 9.53 Å². The number of esters is 1. The van der Waals surface area contributed by atoms with E-state index in [0.29, 0.717) is 6.10 Å². The van der Waals surface area contributed by atoms with Crippen LogP contribution >= 0.6 is 0 Å². The molecule has 0 amide bonds. The van der Waals surface area contributed by atoms with Gasteiger partial charge in [-0.25, -0.2) is 0 Å². The van der Waals surface area contributed by atoms with Gasteiger partial charge in [0, 0.05) is 18.8 Å². The summed E-state index contributed by atoms with van der Waals surface area (Å²) in [4.78, 5) is 11.0. The van der Waals surface area contributed by atoms with Crippen molar-refractivity contribution in [3.05, 3.63) is 0 Å². The Balaban J connectivity index is 1.57. The van der Waals surface area contributed by atoms with Crippen molar-refractivity contribution in [2.24, 2.45) is 46.8 Å². The summed E-state index contributed by atoms with van der Waals surface area (Å²) in [7, 11) is 0. The van der Waals surface area contributed by atoms with Crippen LogP contribution in [0.3, 0.4) is 0 Å². The lowest BCUT2D eigenvalue weighted by molar-refractivity contribution is -0.440. The molecule has 0 aromatic heterocycles. The van der Waals surface area contributed by atoms with Gasteiger partial charge in [-0.3, -0.25) is 4.79 Å². The van der Waals surface area contributed by atoms with E-state index in [1.165, 1.54) is 0 Å². The summed E-state index contributed by atoms with van der Waals surface area (Å²) in [5.74, 6) is 6.44. The van der Waals surface area contributed by atoms with Crippen LogP contribution in [0.1, 0.15) is 13.8 Å². The van der Waals surface area contributed by atoms with Crippen LogP contribution < -0.4 is 0 Å². The van der Waals surface area contributed by atoms with Gasteiger partial charge in [0.1, 0.15) is 6.10 Å². The maximum atomic E-state index is 11.0. The molecule has 2 nitrogen and oxygen atoms in total. The van der Waals surface area contributed by atoms with Crippen LogP contribution in [-0.4, -0.2) is 12.1 Å². The molecule has 0 N–H and O–H groups in total. The second-order valence-corrected chi connectivity index (χ2v) is 6.33. The van der Waals surface area contributed by atoms with Gasteiger partial charge >= 0.3 is 5.97 Å². The first kappa shape index (κ1) is 6.86. The van der Waals surface area contributed by atoms with Gasteiger partial charge in [0.15, 0.2) is 0 Å². The van der Waals surface area contributed by atoms with E-state index < -0.39 is 0 Å². The minimum atomic E-state index is -0.0623. The van der Waals surface area contributed by atoms with E-state index in [0.717, 1.165) is 46.8 Å². The molecule has 2 bridgehead atoms. The second-order valence-electron chi connectivity index (χ2n) is 6.33. The Labute approximate surface area is 83.0 Å². The van der Waals surface area contributed by atoms with Crippen LogP contribution in [-0.2, 0) is 9.53 Å². The lowest BCUT2D eigenvalue weighted by Crippen LogP contribution is -2.87. The highest BCUT2D eigenvalue weighted by molar-refractivity contribution is 5.66. The largest absolute Gasteiger partial charge is 0.462 e. The van der Waals surface area contributed by atoms with Crippen LogP contribution in [0.25, 0.3) is 0 Å². The molecule has 74 valence electrons. The molecule has 2 heteroatoms. The molecular weight excluding hydrogens is 176 g/mol. The number of carbonyl (C=O) groups excluding carboxylic acids is 1. The SMILES string of the molecule is CC(=O)O[C@@H]1C2[C@@H]3C4[C@@H]2[C@@H]2C1[C@@H]3C42C. The maximum Gasteiger partial charge on any atom is 0.302 e. The zero-order valence-corrected chi connectivity index (χ0v) is 8.44. The Morgan fingerprint density at radius 3 is 2.14 bits per heavy atom. The van der Waals surface area contributed by atoms with E-state index >= 15 is 0 Å². The van der Waals surface area contributed by atoms with Gasteiger partial charge in [-0.15, -0.1) is 0 Å². The zero-order valence-electron chi connectivity index (χ0n) is 8.44. The lowest BCUT2D eigenvalue weighted by Gasteiger charge is -2.90. The second kappa shape index (κ2) is 1.46. The van der Waals surface area contributed by atoms with Crippen molar-refractivity contribution in [2.45, 2.75) is 20.0 Å². The fourth-order valence-corrected chi connectivity index (χ4v) is 6.76. The van der Waals surface area contributed by atoms with Gasteiger partial charge in [0.2, 0.25) is 0 Å². The molecule has 5 atom stereocenters. The van der Waals surface area contributed by atoms with Crippen LogP contribution in [0.15, 0.2) is 0 Å². The molecule has 0 heterocycles. The number of carbonyl (C=O) groups is 1. The lowest BCUT2D eigenvalue weighted by atomic mass is 9.14. The summed E-state index contributed by atoms with van der Waals surface area (Å²) < 4.78 is 5.52. The van der Waals surface area contributed by atoms with Gasteiger partial charge in [0.05, 0.1) is 0 Å². The van der Waals surface area contributed by atoms with Gasteiger partial charge in [-0.1, -0.05) is 6.92 Å². The molecule has 6 rings (SSSR count). The summed E-state index contributed by atoms with van der Waals surface area (Å²) in [5, 5.41) is 0. The molecule has 0 unspecified atom stereocenters. The van der Waals surface area contributed by atoms with E-state index in [4.69, 9.17) is 4.74 Å². The van der Waals surface area contributed by atoms with Gasteiger partial charge in [0.25, 0.3) is 0 Å². The van der Waals surface area contributed by atoms with Crippen molar-refractivity contribution in [2.75, 3.05) is 0 Å². The molecule has 0 saturated heterocycles. The van der Waals surface area contributed by atoms with Gasteiger partial charge in [-0.05, 0) is 35.0 Å². The molecule has 6 aliphatic carbocycles. The van der Waals surface area contributed by atoms with Crippen LogP contribution in [0.5, 0.6) is 0 Å². The monoisotopic (exact) mass is 190 g/mol. The summed E-state index contributed by atoms with van der Waals surface area (Å²) in [6.45, 7) is 4.03. The smallest absolute Gasteiger partial charge is 0.302 e. The van der Waals surface area contributed by atoms with Crippen molar-refractivity contribution in [1.29, 1.82) is 0 Å². The molecule has 14 heavy (non-hydrogen) atoms. The third-order valence-electron chi connectivity index (χ3n) is 6.59. The average Bonchev–Trinajstić information content (AvgIpc) is 2.30. The average molecular weight is 190 g/mol. The third kappa shape index (κ3) is 0.333. The molecule has 6 fully saturated rings. The van der Waals surface area contributed by atoms with Crippen molar-refractivity contribution in [3.63, 3.8) is 0 Å². The number of ether oxygens (including phenoxy) is 1. The molecule has 0 aromatic carbocycles. The first-order valence-electron chi connectivity index (χ1n) is 5.84.